The van der Waals surface area contributed by atoms with Gasteiger partial charge < -0.3 is 0 Å². The molecule has 5 aromatic rings. The van der Waals surface area contributed by atoms with Gasteiger partial charge in [0.25, 0.3) is 0 Å². The second kappa shape index (κ2) is 8.99. The summed E-state index contributed by atoms with van der Waals surface area (Å²) in [6, 6.07) is 32.0. The normalized spacial score (nSPS) is 13.7. The Balaban J connectivity index is 1.50. The summed E-state index contributed by atoms with van der Waals surface area (Å²) in [4.78, 5) is 14.9. The number of hydrogen-bond donors (Lipinski definition) is 0. The molecule has 0 saturated heterocycles. The molecule has 6 rings (SSSR count). The van der Waals surface area contributed by atoms with Gasteiger partial charge in [0.15, 0.2) is 17.5 Å². The number of hydrogen-bond acceptors (Lipinski definition) is 3. The van der Waals surface area contributed by atoms with E-state index in [1.165, 1.54) is 27.8 Å². The van der Waals surface area contributed by atoms with Crippen molar-refractivity contribution in [2.24, 2.45) is 0 Å². The molecule has 3 nitrogen and oxygen atoms in total. The first-order valence-electron chi connectivity index (χ1n) is 13.0. The van der Waals surface area contributed by atoms with Crippen LogP contribution >= 0.6 is 15.9 Å². The van der Waals surface area contributed by atoms with Gasteiger partial charge in [-0.2, -0.15) is 0 Å². The highest BCUT2D eigenvalue weighted by atomic mass is 79.9. The van der Waals surface area contributed by atoms with Gasteiger partial charge in [0.05, 0.1) is 0 Å². The lowest BCUT2D eigenvalue weighted by molar-refractivity contribution is 0.590. The van der Waals surface area contributed by atoms with Crippen molar-refractivity contribution in [2.75, 3.05) is 0 Å². The lowest BCUT2D eigenvalue weighted by Gasteiger charge is -2.21. The number of nitrogens with zero attached hydrogens (tertiary/aromatic N) is 3. The van der Waals surface area contributed by atoms with Gasteiger partial charge in [0.2, 0.25) is 0 Å². The summed E-state index contributed by atoms with van der Waals surface area (Å²) in [6.45, 7) is 11.3. The van der Waals surface area contributed by atoms with Crippen LogP contribution in [0.2, 0.25) is 0 Å². The van der Waals surface area contributed by atoms with Gasteiger partial charge in [-0.1, -0.05) is 123 Å². The fraction of sp³-hybridized carbons (Fsp3) is 0.206. The quantitative estimate of drug-likeness (QED) is 0.221. The predicted molar refractivity (Wildman–Crippen MR) is 160 cm³/mol. The molecule has 38 heavy (non-hydrogen) atoms. The van der Waals surface area contributed by atoms with Crippen LogP contribution in [0.25, 0.3) is 45.3 Å². The van der Waals surface area contributed by atoms with E-state index in [0.717, 1.165) is 21.2 Å². The molecule has 0 unspecified atom stereocenters. The highest BCUT2D eigenvalue weighted by Gasteiger charge is 2.35. The molecule has 0 spiro atoms. The van der Waals surface area contributed by atoms with E-state index in [0.29, 0.717) is 17.5 Å². The van der Waals surface area contributed by atoms with E-state index >= 15 is 0 Å². The van der Waals surface area contributed by atoms with E-state index in [1.54, 1.807) is 0 Å². The van der Waals surface area contributed by atoms with Gasteiger partial charge in [-0.3, -0.25) is 0 Å². The zero-order valence-corrected chi connectivity index (χ0v) is 24.0. The van der Waals surface area contributed by atoms with Crippen molar-refractivity contribution >= 4 is 15.9 Å². The Labute approximate surface area is 233 Å². The summed E-state index contributed by atoms with van der Waals surface area (Å²) < 4.78 is 1.02. The Hall–Kier alpha value is -3.63. The van der Waals surface area contributed by atoms with Gasteiger partial charge in [0, 0.05) is 26.6 Å². The maximum atomic E-state index is 5.00. The van der Waals surface area contributed by atoms with Gasteiger partial charge in [-0.05, 0) is 51.4 Å². The minimum atomic E-state index is -0.0882. The largest absolute Gasteiger partial charge is 0.208 e. The molecular weight excluding hydrogens is 530 g/mol. The minimum Gasteiger partial charge on any atom is -0.208 e. The van der Waals surface area contributed by atoms with Crippen LogP contribution in [-0.2, 0) is 10.8 Å². The smallest absolute Gasteiger partial charge is 0.164 e. The van der Waals surface area contributed by atoms with Gasteiger partial charge in [-0.15, -0.1) is 0 Å². The summed E-state index contributed by atoms with van der Waals surface area (Å²) in [6.07, 6.45) is 0. The summed E-state index contributed by atoms with van der Waals surface area (Å²) in [5.74, 6) is 2.03. The number of benzene rings is 4. The second-order valence-corrected chi connectivity index (χ2v) is 12.5. The highest BCUT2D eigenvalue weighted by Crippen LogP contribution is 2.49. The van der Waals surface area contributed by atoms with E-state index in [9.17, 15) is 0 Å². The van der Waals surface area contributed by atoms with Crippen LogP contribution in [0.5, 0.6) is 0 Å². The molecule has 1 aliphatic rings. The Bertz CT molecular complexity index is 1660. The summed E-state index contributed by atoms with van der Waals surface area (Å²) in [7, 11) is 0. The molecule has 0 bridgehead atoms. The third-order valence-corrected chi connectivity index (χ3v) is 8.12. The van der Waals surface area contributed by atoms with Crippen LogP contribution < -0.4 is 0 Å². The third kappa shape index (κ3) is 4.27. The topological polar surface area (TPSA) is 38.7 Å². The number of aromatic nitrogens is 3. The number of fused-ring (bicyclic) bond motifs is 3. The Morgan fingerprint density at radius 2 is 1.08 bits per heavy atom. The van der Waals surface area contributed by atoms with Crippen molar-refractivity contribution in [1.29, 1.82) is 0 Å². The maximum absolute atomic E-state index is 5.00. The van der Waals surface area contributed by atoms with Crippen LogP contribution in [0.15, 0.2) is 95.5 Å². The molecule has 1 aromatic heterocycles. The van der Waals surface area contributed by atoms with Crippen molar-refractivity contribution in [3.63, 3.8) is 0 Å². The average Bonchev–Trinajstić information content (AvgIpc) is 3.15. The zero-order valence-electron chi connectivity index (χ0n) is 22.4. The molecule has 0 aliphatic heterocycles. The fourth-order valence-electron chi connectivity index (χ4n) is 5.32. The van der Waals surface area contributed by atoms with Crippen molar-refractivity contribution in [3.05, 3.63) is 112 Å². The van der Waals surface area contributed by atoms with Crippen LogP contribution in [-0.4, -0.2) is 15.0 Å². The summed E-state index contributed by atoms with van der Waals surface area (Å²) in [5, 5.41) is 0. The van der Waals surface area contributed by atoms with E-state index in [4.69, 9.17) is 15.0 Å². The summed E-state index contributed by atoms with van der Waals surface area (Å²) in [5.41, 5.74) is 9.47. The first-order valence-corrected chi connectivity index (χ1v) is 13.8. The molecular formula is C34H30BrN3. The fourth-order valence-corrected chi connectivity index (χ4v) is 5.59. The Kier molecular flexibility index (Phi) is 5.84. The highest BCUT2D eigenvalue weighted by molar-refractivity contribution is 9.10. The minimum absolute atomic E-state index is 0.0835. The molecule has 0 fully saturated rings. The van der Waals surface area contributed by atoms with Crippen LogP contribution in [0.1, 0.15) is 51.3 Å². The van der Waals surface area contributed by atoms with E-state index in [-0.39, 0.29) is 10.8 Å². The zero-order chi connectivity index (χ0) is 26.7. The van der Waals surface area contributed by atoms with Crippen LogP contribution in [0.3, 0.4) is 0 Å². The monoisotopic (exact) mass is 559 g/mol. The first kappa shape index (κ1) is 24.7. The molecule has 4 aromatic carbocycles. The molecule has 0 amide bonds. The second-order valence-electron chi connectivity index (χ2n) is 11.6. The average molecular weight is 561 g/mol. The molecule has 1 heterocycles. The molecule has 0 N–H and O–H groups in total. The molecule has 188 valence electrons. The first-order chi connectivity index (χ1) is 18.1. The Morgan fingerprint density at radius 1 is 0.579 bits per heavy atom. The van der Waals surface area contributed by atoms with E-state index in [2.05, 4.69) is 117 Å². The Morgan fingerprint density at radius 3 is 1.68 bits per heavy atom. The molecule has 4 heteroatoms. The number of halogens is 1. The third-order valence-electron chi connectivity index (χ3n) is 7.59. The van der Waals surface area contributed by atoms with Crippen molar-refractivity contribution in [3.8, 4) is 45.3 Å². The van der Waals surface area contributed by atoms with Gasteiger partial charge in [0.1, 0.15) is 0 Å². The van der Waals surface area contributed by atoms with Crippen molar-refractivity contribution in [1.82, 2.24) is 15.0 Å². The van der Waals surface area contributed by atoms with Crippen LogP contribution in [0.4, 0.5) is 0 Å². The maximum Gasteiger partial charge on any atom is 0.164 e. The standard InChI is InChI=1S/C34H30BrN3/c1-33(2,3)24-15-10-21(11-16-24)30-36-31(22-12-17-25(35)18-13-22)38-32(37-30)23-14-19-27-26-8-6-7-9-28(26)34(4,5)29(27)20-23/h6-20H,1-5H3. The molecule has 0 radical (unpaired) electrons. The van der Waals surface area contributed by atoms with Crippen LogP contribution in [0, 0.1) is 0 Å². The van der Waals surface area contributed by atoms with Gasteiger partial charge in [-0.25, -0.2) is 15.0 Å². The molecule has 0 atom stereocenters. The predicted octanol–water partition coefficient (Wildman–Crippen LogP) is 9.24. The van der Waals surface area contributed by atoms with Crippen molar-refractivity contribution < 1.29 is 0 Å². The van der Waals surface area contributed by atoms with E-state index in [1.807, 2.05) is 24.3 Å². The van der Waals surface area contributed by atoms with E-state index < -0.39 is 0 Å². The number of rotatable bonds is 3. The summed E-state index contributed by atoms with van der Waals surface area (Å²) >= 11 is 3.54. The molecule has 1 aliphatic carbocycles. The SMILES string of the molecule is CC(C)(C)c1ccc(-c2nc(-c3ccc(Br)cc3)nc(-c3ccc4c(c3)C(C)(C)c3ccccc3-4)n2)cc1. The van der Waals surface area contributed by atoms with Crippen molar-refractivity contribution in [2.45, 2.75) is 45.4 Å². The van der Waals surface area contributed by atoms with Gasteiger partial charge >= 0.3 is 0 Å². The lowest BCUT2D eigenvalue weighted by Crippen LogP contribution is -2.15. The molecule has 0 saturated carbocycles. The lowest BCUT2D eigenvalue weighted by atomic mass is 9.82.